The van der Waals surface area contributed by atoms with Gasteiger partial charge in [0.05, 0.1) is 16.4 Å². The second-order valence-electron chi connectivity index (χ2n) is 7.67. The van der Waals surface area contributed by atoms with Crippen LogP contribution in [0.15, 0.2) is 30.3 Å². The number of hydrogen-bond acceptors (Lipinski definition) is 4. The fourth-order valence-corrected chi connectivity index (χ4v) is 3.56. The quantitative estimate of drug-likeness (QED) is 0.549. The molecule has 4 rings (SSSR count). The van der Waals surface area contributed by atoms with Gasteiger partial charge in [0, 0.05) is 23.0 Å². The summed E-state index contributed by atoms with van der Waals surface area (Å²) in [6.07, 6.45) is 2.26. The Hall–Kier alpha value is -3.13. The number of anilines is 2. The number of nitrogens with zero attached hydrogens (tertiary/aromatic N) is 3. The number of amides is 2. The van der Waals surface area contributed by atoms with Gasteiger partial charge in [-0.15, -0.1) is 0 Å². The van der Waals surface area contributed by atoms with Crippen LogP contribution in [0.2, 0.25) is 5.02 Å². The Balaban J connectivity index is 1.41. The highest BCUT2D eigenvalue weighted by atomic mass is 35.5. The van der Waals surface area contributed by atoms with E-state index < -0.39 is 6.04 Å². The molecule has 0 saturated heterocycles. The van der Waals surface area contributed by atoms with Gasteiger partial charge in [0.1, 0.15) is 6.04 Å². The van der Waals surface area contributed by atoms with Gasteiger partial charge in [-0.2, -0.15) is 10.2 Å². The van der Waals surface area contributed by atoms with Crippen LogP contribution in [0.1, 0.15) is 59.3 Å². The minimum absolute atomic E-state index is 0.232. The fourth-order valence-electron chi connectivity index (χ4n) is 3.33. The van der Waals surface area contributed by atoms with Crippen molar-refractivity contribution in [1.82, 2.24) is 20.0 Å². The van der Waals surface area contributed by atoms with Crippen LogP contribution in [0.4, 0.5) is 11.4 Å². The molecular formula is C21H23ClN6O2. The molecule has 1 aliphatic carbocycles. The lowest BCUT2D eigenvalue weighted by atomic mass is 10.2. The van der Waals surface area contributed by atoms with Gasteiger partial charge >= 0.3 is 0 Å². The third-order valence-corrected chi connectivity index (χ3v) is 5.44. The van der Waals surface area contributed by atoms with Crippen molar-refractivity contribution in [2.45, 2.75) is 45.6 Å². The van der Waals surface area contributed by atoms with Crippen LogP contribution in [0.25, 0.3) is 0 Å². The van der Waals surface area contributed by atoms with E-state index in [1.165, 1.54) is 0 Å². The van der Waals surface area contributed by atoms with E-state index in [-0.39, 0.29) is 11.8 Å². The Morgan fingerprint density at radius 1 is 1.20 bits per heavy atom. The van der Waals surface area contributed by atoms with Crippen molar-refractivity contribution in [3.05, 3.63) is 58.1 Å². The lowest BCUT2D eigenvalue weighted by Crippen LogP contribution is -2.25. The molecule has 3 aromatic rings. The number of benzene rings is 1. The molecule has 30 heavy (non-hydrogen) atoms. The summed E-state index contributed by atoms with van der Waals surface area (Å²) in [6.45, 7) is 5.56. The Bertz CT molecular complexity index is 1110. The van der Waals surface area contributed by atoms with E-state index in [1.54, 1.807) is 35.9 Å². The number of aromatic nitrogens is 4. The number of H-pyrrole nitrogens is 1. The van der Waals surface area contributed by atoms with E-state index in [4.69, 9.17) is 11.6 Å². The van der Waals surface area contributed by atoms with E-state index in [1.807, 2.05) is 19.9 Å². The number of aryl methyl sites for hydroxylation is 2. The maximum atomic E-state index is 12.6. The zero-order chi connectivity index (χ0) is 21.4. The number of halogens is 1. The van der Waals surface area contributed by atoms with Crippen LogP contribution in [0.5, 0.6) is 0 Å². The highest BCUT2D eigenvalue weighted by molar-refractivity contribution is 6.34. The highest BCUT2D eigenvalue weighted by Gasteiger charge is 2.26. The Kier molecular flexibility index (Phi) is 5.34. The molecule has 9 heteroatoms. The third kappa shape index (κ3) is 4.23. The Morgan fingerprint density at radius 3 is 2.60 bits per heavy atom. The van der Waals surface area contributed by atoms with Crippen molar-refractivity contribution in [2.75, 3.05) is 10.6 Å². The molecule has 2 amide bonds. The molecule has 2 heterocycles. The van der Waals surface area contributed by atoms with Crippen LogP contribution in [-0.4, -0.2) is 31.8 Å². The van der Waals surface area contributed by atoms with Crippen molar-refractivity contribution < 1.29 is 9.59 Å². The van der Waals surface area contributed by atoms with Gasteiger partial charge in [0.2, 0.25) is 5.91 Å². The van der Waals surface area contributed by atoms with E-state index in [0.29, 0.717) is 28.0 Å². The fraction of sp³-hybridized carbons (Fsp3) is 0.333. The molecular weight excluding hydrogens is 404 g/mol. The summed E-state index contributed by atoms with van der Waals surface area (Å²) in [6, 6.07) is 8.14. The molecule has 8 nitrogen and oxygen atoms in total. The van der Waals surface area contributed by atoms with Crippen molar-refractivity contribution in [2.24, 2.45) is 0 Å². The van der Waals surface area contributed by atoms with E-state index in [0.717, 1.165) is 29.9 Å². The maximum absolute atomic E-state index is 12.6. The van der Waals surface area contributed by atoms with Crippen LogP contribution in [0, 0.1) is 13.8 Å². The van der Waals surface area contributed by atoms with Gasteiger partial charge in [-0.1, -0.05) is 11.6 Å². The zero-order valence-corrected chi connectivity index (χ0v) is 17.7. The maximum Gasteiger partial charge on any atom is 0.276 e. The summed E-state index contributed by atoms with van der Waals surface area (Å²) >= 11 is 6.33. The topological polar surface area (TPSA) is 105 Å². The molecule has 2 aromatic heterocycles. The SMILES string of the molecule is Cc1cc(C)n(C(C)C(=O)Nc2ccc(NC(=O)c3cc(C4CC4)[nH]n3)cc2Cl)n1. The molecule has 0 bridgehead atoms. The number of hydrogen-bond donors (Lipinski definition) is 3. The first-order chi connectivity index (χ1) is 14.3. The second kappa shape index (κ2) is 7.95. The van der Waals surface area contributed by atoms with Crippen molar-refractivity contribution >= 4 is 34.8 Å². The number of carbonyl (C=O) groups is 2. The van der Waals surface area contributed by atoms with Crippen LogP contribution >= 0.6 is 11.6 Å². The van der Waals surface area contributed by atoms with Gasteiger partial charge in [0.25, 0.3) is 5.91 Å². The molecule has 1 fully saturated rings. The first kappa shape index (κ1) is 20.2. The minimum Gasteiger partial charge on any atom is -0.323 e. The smallest absolute Gasteiger partial charge is 0.276 e. The number of rotatable bonds is 6. The molecule has 0 spiro atoms. The molecule has 3 N–H and O–H groups in total. The summed E-state index contributed by atoms with van der Waals surface area (Å²) in [5.41, 5.74) is 4.07. The van der Waals surface area contributed by atoms with Gasteiger partial charge in [0.15, 0.2) is 5.69 Å². The molecule has 1 unspecified atom stereocenters. The molecule has 0 radical (unpaired) electrons. The van der Waals surface area contributed by atoms with Gasteiger partial charge < -0.3 is 10.6 Å². The average Bonchev–Trinajstić information content (AvgIpc) is 3.33. The molecule has 1 atom stereocenters. The number of aromatic amines is 1. The number of nitrogens with one attached hydrogen (secondary N) is 3. The zero-order valence-electron chi connectivity index (χ0n) is 17.0. The van der Waals surface area contributed by atoms with Gasteiger partial charge in [-0.05, 0) is 63.9 Å². The van der Waals surface area contributed by atoms with E-state index in [2.05, 4.69) is 25.9 Å². The van der Waals surface area contributed by atoms with Crippen molar-refractivity contribution in [3.63, 3.8) is 0 Å². The van der Waals surface area contributed by atoms with Crippen LogP contribution < -0.4 is 10.6 Å². The lowest BCUT2D eigenvalue weighted by molar-refractivity contribution is -0.119. The summed E-state index contributed by atoms with van der Waals surface area (Å²) in [5.74, 6) is -0.0543. The molecule has 1 saturated carbocycles. The van der Waals surface area contributed by atoms with Crippen LogP contribution in [-0.2, 0) is 4.79 Å². The molecule has 156 valence electrons. The average molecular weight is 427 g/mol. The highest BCUT2D eigenvalue weighted by Crippen LogP contribution is 2.39. The summed E-state index contributed by atoms with van der Waals surface area (Å²) in [5, 5.41) is 17.3. The summed E-state index contributed by atoms with van der Waals surface area (Å²) in [4.78, 5) is 25.0. The first-order valence-electron chi connectivity index (χ1n) is 9.81. The largest absolute Gasteiger partial charge is 0.323 e. The van der Waals surface area contributed by atoms with Crippen LogP contribution in [0.3, 0.4) is 0 Å². The normalized spacial score (nSPS) is 14.4. The molecule has 1 aromatic carbocycles. The predicted octanol–water partition coefficient (Wildman–Crippen LogP) is 4.21. The molecule has 0 aliphatic heterocycles. The van der Waals surface area contributed by atoms with E-state index >= 15 is 0 Å². The monoisotopic (exact) mass is 426 g/mol. The summed E-state index contributed by atoms with van der Waals surface area (Å²) in [7, 11) is 0. The third-order valence-electron chi connectivity index (χ3n) is 5.12. The number of carbonyl (C=O) groups excluding carboxylic acids is 2. The minimum atomic E-state index is -0.491. The van der Waals surface area contributed by atoms with E-state index in [9.17, 15) is 9.59 Å². The summed E-state index contributed by atoms with van der Waals surface area (Å²) < 4.78 is 1.67. The predicted molar refractivity (Wildman–Crippen MR) is 115 cm³/mol. The standard InChI is InChI=1S/C21H23ClN6O2/c1-11-8-12(2)28(27-11)13(3)20(29)24-17-7-6-15(9-16(17)22)23-21(30)19-10-18(25-26-19)14-4-5-14/h6-10,13-14H,4-5H2,1-3H3,(H,23,30)(H,24,29)(H,25,26). The Labute approximate surface area is 179 Å². The Morgan fingerprint density at radius 2 is 1.97 bits per heavy atom. The van der Waals surface area contributed by atoms with Crippen molar-refractivity contribution in [3.8, 4) is 0 Å². The van der Waals surface area contributed by atoms with Gasteiger partial charge in [-0.3, -0.25) is 19.4 Å². The lowest BCUT2D eigenvalue weighted by Gasteiger charge is -2.15. The molecule has 1 aliphatic rings. The first-order valence-corrected chi connectivity index (χ1v) is 10.2. The second-order valence-corrected chi connectivity index (χ2v) is 8.08. The van der Waals surface area contributed by atoms with Gasteiger partial charge in [-0.25, -0.2) is 0 Å². The van der Waals surface area contributed by atoms with Crippen molar-refractivity contribution in [1.29, 1.82) is 0 Å².